The van der Waals surface area contributed by atoms with E-state index in [1.54, 1.807) is 0 Å². The highest BCUT2D eigenvalue weighted by atomic mass is 16.1. The Balaban J connectivity index is 3.99. The molecule has 0 rings (SSSR count). The maximum atomic E-state index is 11.3. The van der Waals surface area contributed by atoms with Gasteiger partial charge in [0.25, 0.3) is 0 Å². The van der Waals surface area contributed by atoms with Crippen LogP contribution >= 0.6 is 0 Å². The molecule has 2 nitrogen and oxygen atoms in total. The Kier molecular flexibility index (Phi) is 5.36. The highest BCUT2D eigenvalue weighted by Gasteiger charge is 2.17. The molecule has 2 heteroatoms. The van der Waals surface area contributed by atoms with E-state index in [0.717, 1.165) is 6.42 Å². The fourth-order valence-corrected chi connectivity index (χ4v) is 1.15. The third kappa shape index (κ3) is 4.12. The lowest BCUT2D eigenvalue weighted by Crippen LogP contribution is -2.14. The second kappa shape index (κ2) is 5.77. The maximum Gasteiger partial charge on any atom is 0.149 e. The van der Waals surface area contributed by atoms with Crippen LogP contribution in [0.2, 0.25) is 0 Å². The van der Waals surface area contributed by atoms with E-state index >= 15 is 0 Å². The van der Waals surface area contributed by atoms with Gasteiger partial charge in [0.15, 0.2) is 0 Å². The van der Waals surface area contributed by atoms with Crippen LogP contribution in [0.25, 0.3) is 0 Å². The molecule has 0 aromatic heterocycles. The molecule has 0 aromatic carbocycles. The summed E-state index contributed by atoms with van der Waals surface area (Å²) in [6, 6.07) is 2.07. The molecule has 0 saturated heterocycles. The molecule has 0 fully saturated rings. The zero-order valence-electron chi connectivity index (χ0n) is 8.13. The van der Waals surface area contributed by atoms with E-state index in [1.807, 2.05) is 20.8 Å². The normalized spacial score (nSPS) is 12.6. The predicted octanol–water partition coefficient (Wildman–Crippen LogP) is 2.54. The Hall–Kier alpha value is -0.840. The first-order valence-corrected chi connectivity index (χ1v) is 4.54. The molecule has 0 amide bonds. The van der Waals surface area contributed by atoms with Gasteiger partial charge in [-0.25, -0.2) is 0 Å². The van der Waals surface area contributed by atoms with Crippen LogP contribution < -0.4 is 0 Å². The van der Waals surface area contributed by atoms with E-state index in [2.05, 4.69) is 6.07 Å². The minimum absolute atomic E-state index is 0.105. The van der Waals surface area contributed by atoms with Crippen molar-refractivity contribution in [3.63, 3.8) is 0 Å². The van der Waals surface area contributed by atoms with Gasteiger partial charge in [0.2, 0.25) is 0 Å². The van der Waals surface area contributed by atoms with Crippen molar-refractivity contribution < 1.29 is 4.79 Å². The van der Waals surface area contributed by atoms with Crippen LogP contribution in [0.3, 0.4) is 0 Å². The standard InChI is InChI=1S/C10H17NO/c1-4-5-10(12)9(7-11)6-8(2)3/h8-9H,4-6H2,1-3H3. The second-order valence-electron chi connectivity index (χ2n) is 3.53. The fraction of sp³-hybridized carbons (Fsp3) is 0.800. The van der Waals surface area contributed by atoms with Crippen molar-refractivity contribution in [2.45, 2.75) is 40.0 Å². The van der Waals surface area contributed by atoms with Gasteiger partial charge in [-0.2, -0.15) is 5.26 Å². The summed E-state index contributed by atoms with van der Waals surface area (Å²) in [7, 11) is 0. The highest BCUT2D eigenvalue weighted by Crippen LogP contribution is 2.13. The van der Waals surface area contributed by atoms with Gasteiger partial charge in [0.05, 0.1) is 6.07 Å². The first kappa shape index (κ1) is 11.2. The van der Waals surface area contributed by atoms with Crippen LogP contribution in [-0.4, -0.2) is 5.78 Å². The van der Waals surface area contributed by atoms with E-state index in [-0.39, 0.29) is 11.7 Å². The second-order valence-corrected chi connectivity index (χ2v) is 3.53. The van der Waals surface area contributed by atoms with Crippen molar-refractivity contribution in [2.75, 3.05) is 0 Å². The molecule has 0 heterocycles. The topological polar surface area (TPSA) is 40.9 Å². The minimum Gasteiger partial charge on any atom is -0.298 e. The summed E-state index contributed by atoms with van der Waals surface area (Å²) in [4.78, 5) is 11.3. The lowest BCUT2D eigenvalue weighted by atomic mass is 9.93. The molecule has 0 bridgehead atoms. The van der Waals surface area contributed by atoms with Crippen molar-refractivity contribution >= 4 is 5.78 Å². The van der Waals surface area contributed by atoms with E-state index in [4.69, 9.17) is 5.26 Å². The molecule has 68 valence electrons. The van der Waals surface area contributed by atoms with Gasteiger partial charge >= 0.3 is 0 Å². The van der Waals surface area contributed by atoms with Crippen LogP contribution in [0.15, 0.2) is 0 Å². The molecule has 0 aromatic rings. The number of ketones is 1. The number of nitriles is 1. The molecule has 1 atom stereocenters. The minimum atomic E-state index is -0.370. The van der Waals surface area contributed by atoms with Crippen molar-refractivity contribution in [2.24, 2.45) is 11.8 Å². The van der Waals surface area contributed by atoms with Gasteiger partial charge < -0.3 is 0 Å². The van der Waals surface area contributed by atoms with Gasteiger partial charge in [-0.3, -0.25) is 4.79 Å². The number of rotatable bonds is 5. The number of carbonyl (C=O) groups is 1. The smallest absolute Gasteiger partial charge is 0.149 e. The largest absolute Gasteiger partial charge is 0.298 e. The summed E-state index contributed by atoms with van der Waals surface area (Å²) < 4.78 is 0. The number of hydrogen-bond acceptors (Lipinski definition) is 2. The van der Waals surface area contributed by atoms with Crippen LogP contribution in [0, 0.1) is 23.2 Å². The third-order valence-electron chi connectivity index (χ3n) is 1.75. The van der Waals surface area contributed by atoms with Crippen molar-refractivity contribution in [3.8, 4) is 6.07 Å². The Morgan fingerprint density at radius 2 is 2.08 bits per heavy atom. The van der Waals surface area contributed by atoms with E-state index < -0.39 is 0 Å². The lowest BCUT2D eigenvalue weighted by Gasteiger charge is -2.09. The number of nitrogens with zero attached hydrogens (tertiary/aromatic N) is 1. The average Bonchev–Trinajstić information content (AvgIpc) is 2.00. The van der Waals surface area contributed by atoms with Gasteiger partial charge in [0, 0.05) is 6.42 Å². The molecular weight excluding hydrogens is 150 g/mol. The monoisotopic (exact) mass is 167 g/mol. The first-order chi connectivity index (χ1) is 5.61. The highest BCUT2D eigenvalue weighted by molar-refractivity contribution is 5.83. The van der Waals surface area contributed by atoms with Crippen LogP contribution in [0.5, 0.6) is 0 Å². The van der Waals surface area contributed by atoms with E-state index in [1.165, 1.54) is 0 Å². The Morgan fingerprint density at radius 3 is 2.42 bits per heavy atom. The quantitative estimate of drug-likeness (QED) is 0.631. The Labute approximate surface area is 74.6 Å². The molecule has 0 aliphatic rings. The molecule has 0 saturated carbocycles. The van der Waals surface area contributed by atoms with Crippen molar-refractivity contribution in [1.29, 1.82) is 5.26 Å². The van der Waals surface area contributed by atoms with Gasteiger partial charge in [-0.15, -0.1) is 0 Å². The van der Waals surface area contributed by atoms with Gasteiger partial charge in [0.1, 0.15) is 11.7 Å². The Bertz CT molecular complexity index is 179. The van der Waals surface area contributed by atoms with Crippen LogP contribution in [0.4, 0.5) is 0 Å². The number of hydrogen-bond donors (Lipinski definition) is 0. The molecule has 1 unspecified atom stereocenters. The van der Waals surface area contributed by atoms with E-state index in [9.17, 15) is 4.79 Å². The summed E-state index contributed by atoms with van der Waals surface area (Å²) in [6.07, 6.45) is 2.09. The summed E-state index contributed by atoms with van der Waals surface area (Å²) >= 11 is 0. The molecule has 0 aliphatic heterocycles. The zero-order chi connectivity index (χ0) is 9.56. The summed E-state index contributed by atoms with van der Waals surface area (Å²) in [5, 5.41) is 8.70. The summed E-state index contributed by atoms with van der Waals surface area (Å²) in [6.45, 7) is 6.02. The lowest BCUT2D eigenvalue weighted by molar-refractivity contribution is -0.121. The third-order valence-corrected chi connectivity index (χ3v) is 1.75. The molecule has 0 spiro atoms. The summed E-state index contributed by atoms with van der Waals surface area (Å²) in [5.74, 6) is 0.161. The number of carbonyl (C=O) groups excluding carboxylic acids is 1. The van der Waals surface area contributed by atoms with Crippen LogP contribution in [0.1, 0.15) is 40.0 Å². The maximum absolute atomic E-state index is 11.3. The average molecular weight is 167 g/mol. The Morgan fingerprint density at radius 1 is 1.50 bits per heavy atom. The van der Waals surface area contributed by atoms with Gasteiger partial charge in [-0.1, -0.05) is 20.8 Å². The first-order valence-electron chi connectivity index (χ1n) is 4.54. The molecule has 0 N–H and O–H groups in total. The fourth-order valence-electron chi connectivity index (χ4n) is 1.15. The molecule has 0 radical (unpaired) electrons. The SMILES string of the molecule is CCCC(=O)C(C#N)CC(C)C. The van der Waals surface area contributed by atoms with Crippen LogP contribution in [-0.2, 0) is 4.79 Å². The van der Waals surface area contributed by atoms with Gasteiger partial charge in [-0.05, 0) is 18.8 Å². The molecule has 0 aliphatic carbocycles. The van der Waals surface area contributed by atoms with Crippen molar-refractivity contribution in [3.05, 3.63) is 0 Å². The van der Waals surface area contributed by atoms with E-state index in [0.29, 0.717) is 18.8 Å². The molecular formula is C10H17NO. The number of Topliss-reactive ketones (excluding diaryl/α,β-unsaturated/α-hetero) is 1. The zero-order valence-corrected chi connectivity index (χ0v) is 8.13. The summed E-state index contributed by atoms with van der Waals surface area (Å²) in [5.41, 5.74) is 0. The molecule has 12 heavy (non-hydrogen) atoms. The predicted molar refractivity (Wildman–Crippen MR) is 48.5 cm³/mol. The van der Waals surface area contributed by atoms with Crippen molar-refractivity contribution in [1.82, 2.24) is 0 Å².